The molecule has 6 nitrogen and oxygen atoms in total. The number of hydrogen-bond acceptors (Lipinski definition) is 4. The highest BCUT2D eigenvalue weighted by atomic mass is 16.5. The molecule has 0 aliphatic heterocycles. The maximum absolute atomic E-state index is 12.5. The average molecular weight is 369 g/mol. The standard InChI is InChI=1S/C21H27N3O3/c1-15(25)22-13-16-9-11-17(12-10-16)21(26)23-14-19(24(2)3)18-7-5-6-8-20(18)27-4/h5-12,19H,13-14H2,1-4H3,(H,22,25)(H,23,26). The van der Waals surface area contributed by atoms with E-state index < -0.39 is 0 Å². The molecule has 0 heterocycles. The number of rotatable bonds is 8. The highest BCUT2D eigenvalue weighted by Gasteiger charge is 2.19. The summed E-state index contributed by atoms with van der Waals surface area (Å²) in [5.74, 6) is 0.582. The van der Waals surface area contributed by atoms with Gasteiger partial charge in [-0.3, -0.25) is 9.59 Å². The Hall–Kier alpha value is -2.86. The van der Waals surface area contributed by atoms with E-state index in [-0.39, 0.29) is 17.9 Å². The molecule has 0 aliphatic carbocycles. The fraction of sp³-hybridized carbons (Fsp3) is 0.333. The Labute approximate surface area is 160 Å². The highest BCUT2D eigenvalue weighted by molar-refractivity contribution is 5.94. The van der Waals surface area contributed by atoms with Crippen LogP contribution in [0.4, 0.5) is 0 Å². The Morgan fingerprint density at radius 1 is 1.04 bits per heavy atom. The molecule has 0 saturated carbocycles. The van der Waals surface area contributed by atoms with Gasteiger partial charge in [-0.25, -0.2) is 0 Å². The number of amides is 2. The Kier molecular flexibility index (Phi) is 7.37. The SMILES string of the molecule is COc1ccccc1C(CNC(=O)c1ccc(CNC(C)=O)cc1)N(C)C. The van der Waals surface area contributed by atoms with Crippen molar-refractivity contribution >= 4 is 11.8 Å². The monoisotopic (exact) mass is 369 g/mol. The summed E-state index contributed by atoms with van der Waals surface area (Å²) in [6, 6.07) is 15.0. The molecule has 0 fully saturated rings. The van der Waals surface area contributed by atoms with Gasteiger partial charge in [0.25, 0.3) is 5.91 Å². The minimum atomic E-state index is -0.136. The quantitative estimate of drug-likeness (QED) is 0.749. The van der Waals surface area contributed by atoms with Gasteiger partial charge < -0.3 is 20.3 Å². The Morgan fingerprint density at radius 2 is 1.70 bits per heavy atom. The lowest BCUT2D eigenvalue weighted by molar-refractivity contribution is -0.119. The van der Waals surface area contributed by atoms with Crippen LogP contribution in [0.2, 0.25) is 0 Å². The fourth-order valence-corrected chi connectivity index (χ4v) is 2.80. The summed E-state index contributed by atoms with van der Waals surface area (Å²) < 4.78 is 5.45. The van der Waals surface area contributed by atoms with E-state index in [1.165, 1.54) is 6.92 Å². The highest BCUT2D eigenvalue weighted by Crippen LogP contribution is 2.27. The zero-order valence-electron chi connectivity index (χ0n) is 16.3. The summed E-state index contributed by atoms with van der Waals surface area (Å²) in [5, 5.41) is 5.73. The molecule has 1 unspecified atom stereocenters. The summed E-state index contributed by atoms with van der Waals surface area (Å²) in [7, 11) is 5.59. The van der Waals surface area contributed by atoms with Crippen molar-refractivity contribution in [3.63, 3.8) is 0 Å². The summed E-state index contributed by atoms with van der Waals surface area (Å²) in [4.78, 5) is 25.5. The summed E-state index contributed by atoms with van der Waals surface area (Å²) >= 11 is 0. The number of nitrogens with one attached hydrogen (secondary N) is 2. The van der Waals surface area contributed by atoms with Crippen LogP contribution in [0.25, 0.3) is 0 Å². The Morgan fingerprint density at radius 3 is 2.30 bits per heavy atom. The van der Waals surface area contributed by atoms with Crippen LogP contribution in [0.15, 0.2) is 48.5 Å². The maximum atomic E-state index is 12.5. The minimum absolute atomic E-state index is 0.0101. The number of carbonyl (C=O) groups is 2. The van der Waals surface area contributed by atoms with Crippen LogP contribution in [-0.4, -0.2) is 44.5 Å². The van der Waals surface area contributed by atoms with Crippen molar-refractivity contribution in [3.8, 4) is 5.75 Å². The lowest BCUT2D eigenvalue weighted by atomic mass is 10.0. The molecule has 0 spiro atoms. The van der Waals surface area contributed by atoms with E-state index in [2.05, 4.69) is 15.5 Å². The first kappa shape index (κ1) is 20.5. The zero-order chi connectivity index (χ0) is 19.8. The van der Waals surface area contributed by atoms with Crippen molar-refractivity contribution in [1.82, 2.24) is 15.5 Å². The Balaban J connectivity index is 2.02. The predicted molar refractivity (Wildman–Crippen MR) is 106 cm³/mol. The first-order valence-electron chi connectivity index (χ1n) is 8.83. The van der Waals surface area contributed by atoms with E-state index in [0.29, 0.717) is 18.7 Å². The molecule has 2 aromatic rings. The molecule has 0 aromatic heterocycles. The van der Waals surface area contributed by atoms with Crippen molar-refractivity contribution in [3.05, 3.63) is 65.2 Å². The minimum Gasteiger partial charge on any atom is -0.496 e. The van der Waals surface area contributed by atoms with Crippen molar-refractivity contribution in [2.24, 2.45) is 0 Å². The van der Waals surface area contributed by atoms with E-state index in [9.17, 15) is 9.59 Å². The van der Waals surface area contributed by atoms with E-state index >= 15 is 0 Å². The lowest BCUT2D eigenvalue weighted by Gasteiger charge is -2.26. The first-order chi connectivity index (χ1) is 12.9. The molecular weight excluding hydrogens is 342 g/mol. The first-order valence-corrected chi connectivity index (χ1v) is 8.83. The fourth-order valence-electron chi connectivity index (χ4n) is 2.80. The predicted octanol–water partition coefficient (Wildman–Crippen LogP) is 2.36. The number of carbonyl (C=O) groups excluding carboxylic acids is 2. The summed E-state index contributed by atoms with van der Waals surface area (Å²) in [6.45, 7) is 2.39. The third-order valence-electron chi connectivity index (χ3n) is 4.33. The molecule has 6 heteroatoms. The second kappa shape index (κ2) is 9.73. The van der Waals surface area contributed by atoms with Gasteiger partial charge in [-0.15, -0.1) is 0 Å². The topological polar surface area (TPSA) is 70.7 Å². The van der Waals surface area contributed by atoms with Crippen LogP contribution < -0.4 is 15.4 Å². The second-order valence-corrected chi connectivity index (χ2v) is 6.54. The number of ether oxygens (including phenoxy) is 1. The van der Waals surface area contributed by atoms with Crippen LogP contribution in [0.1, 0.15) is 34.5 Å². The number of benzene rings is 2. The van der Waals surface area contributed by atoms with Gasteiger partial charge in [0.05, 0.1) is 13.2 Å². The number of nitrogens with zero attached hydrogens (tertiary/aromatic N) is 1. The molecule has 2 rings (SSSR count). The average Bonchev–Trinajstić information content (AvgIpc) is 2.66. The van der Waals surface area contributed by atoms with E-state index in [4.69, 9.17) is 4.74 Å². The smallest absolute Gasteiger partial charge is 0.251 e. The van der Waals surface area contributed by atoms with Gasteiger partial charge in [0.2, 0.25) is 5.91 Å². The normalized spacial score (nSPS) is 11.7. The molecule has 0 bridgehead atoms. The van der Waals surface area contributed by atoms with E-state index in [0.717, 1.165) is 16.9 Å². The molecular formula is C21H27N3O3. The third-order valence-corrected chi connectivity index (χ3v) is 4.33. The number of para-hydroxylation sites is 1. The molecule has 1 atom stereocenters. The van der Waals surface area contributed by atoms with Gasteiger partial charge in [-0.2, -0.15) is 0 Å². The third kappa shape index (κ3) is 5.82. The van der Waals surface area contributed by atoms with Gasteiger partial charge in [-0.05, 0) is 37.9 Å². The number of likely N-dealkylation sites (N-methyl/N-ethyl adjacent to an activating group) is 1. The van der Waals surface area contributed by atoms with Crippen molar-refractivity contribution in [2.45, 2.75) is 19.5 Å². The molecule has 27 heavy (non-hydrogen) atoms. The largest absolute Gasteiger partial charge is 0.496 e. The van der Waals surface area contributed by atoms with Crippen LogP contribution in [0.5, 0.6) is 5.75 Å². The molecule has 144 valence electrons. The molecule has 2 amide bonds. The van der Waals surface area contributed by atoms with Crippen LogP contribution in [0.3, 0.4) is 0 Å². The molecule has 2 aromatic carbocycles. The maximum Gasteiger partial charge on any atom is 0.251 e. The summed E-state index contributed by atoms with van der Waals surface area (Å²) in [5.41, 5.74) is 2.55. The van der Waals surface area contributed by atoms with Crippen molar-refractivity contribution in [2.75, 3.05) is 27.7 Å². The zero-order valence-corrected chi connectivity index (χ0v) is 16.3. The Bertz CT molecular complexity index is 772. The van der Waals surface area contributed by atoms with Crippen LogP contribution in [-0.2, 0) is 11.3 Å². The molecule has 0 saturated heterocycles. The number of methoxy groups -OCH3 is 1. The second-order valence-electron chi connectivity index (χ2n) is 6.54. The van der Waals surface area contributed by atoms with Crippen molar-refractivity contribution in [1.29, 1.82) is 0 Å². The van der Waals surface area contributed by atoms with Gasteiger partial charge in [-0.1, -0.05) is 30.3 Å². The van der Waals surface area contributed by atoms with Gasteiger partial charge in [0.1, 0.15) is 5.75 Å². The molecule has 0 radical (unpaired) electrons. The van der Waals surface area contributed by atoms with Crippen LogP contribution in [0, 0.1) is 0 Å². The molecule has 2 N–H and O–H groups in total. The van der Waals surface area contributed by atoms with Gasteiger partial charge in [0, 0.05) is 31.1 Å². The number of hydrogen-bond donors (Lipinski definition) is 2. The summed E-state index contributed by atoms with van der Waals surface area (Å²) in [6.07, 6.45) is 0. The van der Waals surface area contributed by atoms with Crippen LogP contribution >= 0.6 is 0 Å². The van der Waals surface area contributed by atoms with E-state index in [1.807, 2.05) is 50.5 Å². The van der Waals surface area contributed by atoms with Crippen molar-refractivity contribution < 1.29 is 14.3 Å². The van der Waals surface area contributed by atoms with Gasteiger partial charge >= 0.3 is 0 Å². The lowest BCUT2D eigenvalue weighted by Crippen LogP contribution is -2.34. The molecule has 0 aliphatic rings. The van der Waals surface area contributed by atoms with Gasteiger partial charge in [0.15, 0.2) is 0 Å². The van der Waals surface area contributed by atoms with E-state index in [1.54, 1.807) is 19.2 Å².